The number of benzene rings is 1. The third kappa shape index (κ3) is 1.59. The molecule has 0 atom stereocenters. The van der Waals surface area contributed by atoms with Gasteiger partial charge in [-0.2, -0.15) is 5.10 Å². The quantitative estimate of drug-likeness (QED) is 0.646. The lowest BCUT2D eigenvalue weighted by Gasteiger charge is -2.12. The van der Waals surface area contributed by atoms with Crippen LogP contribution in [0.15, 0.2) is 48.8 Å². The van der Waals surface area contributed by atoms with Crippen LogP contribution in [0.5, 0.6) is 0 Å². The van der Waals surface area contributed by atoms with Crippen molar-refractivity contribution >= 4 is 11.6 Å². The number of ketones is 2. The molecule has 0 saturated heterocycles. The van der Waals surface area contributed by atoms with Crippen molar-refractivity contribution in [2.45, 2.75) is 6.92 Å². The molecule has 0 fully saturated rings. The van der Waals surface area contributed by atoms with Gasteiger partial charge in [-0.3, -0.25) is 14.6 Å². The number of nitrogens with zero attached hydrogens (tertiary/aromatic N) is 3. The Morgan fingerprint density at radius 1 is 0.909 bits per heavy atom. The highest BCUT2D eigenvalue weighted by Crippen LogP contribution is 2.34. The molecule has 2 heterocycles. The van der Waals surface area contributed by atoms with Crippen molar-refractivity contribution in [3.8, 4) is 16.9 Å². The van der Waals surface area contributed by atoms with Gasteiger partial charge in [-0.15, -0.1) is 0 Å². The Labute approximate surface area is 126 Å². The molecule has 1 aliphatic rings. The van der Waals surface area contributed by atoms with Crippen molar-refractivity contribution < 1.29 is 9.59 Å². The monoisotopic (exact) mass is 289 g/mol. The van der Waals surface area contributed by atoms with Gasteiger partial charge in [0, 0.05) is 23.5 Å². The highest BCUT2D eigenvalue weighted by molar-refractivity contribution is 6.53. The lowest BCUT2D eigenvalue weighted by molar-refractivity contribution is 0.0815. The van der Waals surface area contributed by atoms with Crippen LogP contribution in [0.3, 0.4) is 0 Å². The molecule has 5 nitrogen and oxygen atoms in total. The fraction of sp³-hybridized carbons (Fsp3) is 0.0588. The van der Waals surface area contributed by atoms with Crippen LogP contribution in [-0.2, 0) is 0 Å². The van der Waals surface area contributed by atoms with Gasteiger partial charge in [0.2, 0.25) is 11.6 Å². The number of pyridine rings is 1. The number of carbonyl (C=O) groups excluding carboxylic acids is 2. The van der Waals surface area contributed by atoms with E-state index in [4.69, 9.17) is 0 Å². The topological polar surface area (TPSA) is 64.8 Å². The molecule has 1 aromatic carbocycles. The zero-order chi connectivity index (χ0) is 15.3. The molecule has 5 heteroatoms. The van der Waals surface area contributed by atoms with Gasteiger partial charge in [0.1, 0.15) is 5.69 Å². The smallest absolute Gasteiger partial charge is 0.237 e. The van der Waals surface area contributed by atoms with Crippen LogP contribution in [0.2, 0.25) is 0 Å². The van der Waals surface area contributed by atoms with Crippen molar-refractivity contribution in [1.29, 1.82) is 0 Å². The SMILES string of the molecule is Cc1c2c(nn1-c1ccncc1)-c1ccccc1C(=O)C2=O. The average Bonchev–Trinajstić information content (AvgIpc) is 2.91. The Kier molecular flexibility index (Phi) is 2.56. The Morgan fingerprint density at radius 2 is 1.59 bits per heavy atom. The zero-order valence-electron chi connectivity index (χ0n) is 11.8. The second kappa shape index (κ2) is 4.46. The van der Waals surface area contributed by atoms with Crippen molar-refractivity contribution in [3.63, 3.8) is 0 Å². The molecule has 0 aliphatic heterocycles. The summed E-state index contributed by atoms with van der Waals surface area (Å²) < 4.78 is 1.68. The molecule has 106 valence electrons. The van der Waals surface area contributed by atoms with Gasteiger partial charge in [-0.25, -0.2) is 4.68 Å². The Balaban J connectivity index is 2.04. The summed E-state index contributed by atoms with van der Waals surface area (Å²) in [6.45, 7) is 1.80. The summed E-state index contributed by atoms with van der Waals surface area (Å²) in [6.07, 6.45) is 3.33. The number of fused-ring (bicyclic) bond motifs is 3. The maximum absolute atomic E-state index is 12.4. The molecule has 0 N–H and O–H groups in total. The fourth-order valence-corrected chi connectivity index (χ4v) is 2.82. The van der Waals surface area contributed by atoms with E-state index in [2.05, 4.69) is 10.1 Å². The first-order valence-electron chi connectivity index (χ1n) is 6.87. The van der Waals surface area contributed by atoms with E-state index in [9.17, 15) is 9.59 Å². The summed E-state index contributed by atoms with van der Waals surface area (Å²) in [6, 6.07) is 10.7. The normalized spacial score (nSPS) is 13.0. The first-order valence-corrected chi connectivity index (χ1v) is 6.87. The molecular formula is C17H11N3O2. The minimum absolute atomic E-state index is 0.389. The van der Waals surface area contributed by atoms with E-state index >= 15 is 0 Å². The third-order valence-corrected chi connectivity index (χ3v) is 3.88. The minimum atomic E-state index is -0.494. The molecule has 1 aliphatic carbocycles. The molecule has 0 unspecified atom stereocenters. The lowest BCUT2D eigenvalue weighted by Crippen LogP contribution is -2.21. The van der Waals surface area contributed by atoms with Gasteiger partial charge in [0.15, 0.2) is 0 Å². The molecule has 2 aromatic heterocycles. The minimum Gasteiger partial charge on any atom is -0.285 e. The van der Waals surface area contributed by atoms with Crippen LogP contribution < -0.4 is 0 Å². The second-order valence-corrected chi connectivity index (χ2v) is 5.13. The second-order valence-electron chi connectivity index (χ2n) is 5.13. The standard InChI is InChI=1S/C17H11N3O2/c1-10-14-15(19-20(10)11-6-8-18-9-7-11)12-4-2-3-5-13(12)16(21)17(14)22/h2-9H,1H3. The summed E-state index contributed by atoms with van der Waals surface area (Å²) in [4.78, 5) is 28.7. The summed E-state index contributed by atoms with van der Waals surface area (Å²) >= 11 is 0. The van der Waals surface area contributed by atoms with Gasteiger partial charge < -0.3 is 0 Å². The summed E-state index contributed by atoms with van der Waals surface area (Å²) in [5, 5.41) is 4.56. The van der Waals surface area contributed by atoms with Crippen LogP contribution in [-0.4, -0.2) is 26.3 Å². The van der Waals surface area contributed by atoms with Crippen molar-refractivity contribution in [2.75, 3.05) is 0 Å². The van der Waals surface area contributed by atoms with Crippen LogP contribution in [0.4, 0.5) is 0 Å². The number of carbonyl (C=O) groups is 2. The highest BCUT2D eigenvalue weighted by atomic mass is 16.2. The summed E-state index contributed by atoms with van der Waals surface area (Å²) in [7, 11) is 0. The van der Waals surface area contributed by atoms with E-state index in [0.29, 0.717) is 28.1 Å². The van der Waals surface area contributed by atoms with E-state index in [1.165, 1.54) is 0 Å². The predicted molar refractivity (Wildman–Crippen MR) is 80.2 cm³/mol. The Morgan fingerprint density at radius 3 is 2.32 bits per heavy atom. The van der Waals surface area contributed by atoms with Gasteiger partial charge in [0.05, 0.1) is 16.9 Å². The number of hydrogen-bond donors (Lipinski definition) is 0. The predicted octanol–water partition coefficient (Wildman–Crippen LogP) is 2.62. The molecular weight excluding hydrogens is 278 g/mol. The van der Waals surface area contributed by atoms with Gasteiger partial charge >= 0.3 is 0 Å². The molecule has 0 bridgehead atoms. The third-order valence-electron chi connectivity index (χ3n) is 3.88. The van der Waals surface area contributed by atoms with E-state index in [0.717, 1.165) is 5.69 Å². The van der Waals surface area contributed by atoms with Gasteiger partial charge in [-0.05, 0) is 19.1 Å². The first kappa shape index (κ1) is 12.6. The van der Waals surface area contributed by atoms with Gasteiger partial charge in [-0.1, -0.05) is 24.3 Å². The number of hydrogen-bond acceptors (Lipinski definition) is 4. The van der Waals surface area contributed by atoms with Gasteiger partial charge in [0.25, 0.3) is 0 Å². The van der Waals surface area contributed by atoms with Crippen molar-refractivity contribution in [3.05, 3.63) is 65.6 Å². The average molecular weight is 289 g/mol. The number of aromatic nitrogens is 3. The first-order chi connectivity index (χ1) is 10.7. The molecule has 0 amide bonds. The molecule has 0 radical (unpaired) electrons. The maximum Gasteiger partial charge on any atom is 0.237 e. The van der Waals surface area contributed by atoms with E-state index < -0.39 is 11.6 Å². The Bertz CT molecular complexity index is 926. The van der Waals surface area contributed by atoms with Crippen LogP contribution in [0.25, 0.3) is 16.9 Å². The highest BCUT2D eigenvalue weighted by Gasteiger charge is 2.35. The molecule has 0 saturated carbocycles. The van der Waals surface area contributed by atoms with Crippen LogP contribution >= 0.6 is 0 Å². The molecule has 4 rings (SSSR count). The van der Waals surface area contributed by atoms with Crippen molar-refractivity contribution in [2.24, 2.45) is 0 Å². The fourth-order valence-electron chi connectivity index (χ4n) is 2.82. The molecule has 3 aromatic rings. The number of rotatable bonds is 1. The van der Waals surface area contributed by atoms with Crippen LogP contribution in [0.1, 0.15) is 26.4 Å². The molecule has 0 spiro atoms. The Hall–Kier alpha value is -3.08. The van der Waals surface area contributed by atoms with E-state index in [1.54, 1.807) is 36.1 Å². The summed E-state index contributed by atoms with van der Waals surface area (Å²) in [5.74, 6) is -0.966. The largest absolute Gasteiger partial charge is 0.285 e. The lowest BCUT2D eigenvalue weighted by atomic mass is 9.87. The van der Waals surface area contributed by atoms with Crippen molar-refractivity contribution in [1.82, 2.24) is 14.8 Å². The number of Topliss-reactive ketones (excluding diaryl/α,β-unsaturated/α-hetero) is 2. The maximum atomic E-state index is 12.4. The molecule has 22 heavy (non-hydrogen) atoms. The van der Waals surface area contributed by atoms with E-state index in [-0.39, 0.29) is 0 Å². The van der Waals surface area contributed by atoms with Crippen LogP contribution in [0, 0.1) is 6.92 Å². The summed E-state index contributed by atoms with van der Waals surface area (Å²) in [5.41, 5.74) is 3.54. The zero-order valence-corrected chi connectivity index (χ0v) is 11.8. The van der Waals surface area contributed by atoms with E-state index in [1.807, 2.05) is 24.3 Å².